The number of likely N-dealkylation sites (tertiary alicyclic amines) is 1. The highest BCUT2D eigenvalue weighted by Crippen LogP contribution is 2.23. The number of hydrogen-bond acceptors (Lipinski definition) is 8. The van der Waals surface area contributed by atoms with Crippen molar-refractivity contribution in [1.82, 2.24) is 29.7 Å². The van der Waals surface area contributed by atoms with Gasteiger partial charge in [-0.2, -0.15) is 0 Å². The summed E-state index contributed by atoms with van der Waals surface area (Å²) in [6, 6.07) is 7.26. The third-order valence-corrected chi connectivity index (χ3v) is 7.73. The molecule has 8 nitrogen and oxygen atoms in total. The maximum Gasteiger partial charge on any atom is 0.274 e. The van der Waals surface area contributed by atoms with E-state index in [1.54, 1.807) is 23.7 Å². The van der Waals surface area contributed by atoms with Gasteiger partial charge in [0.25, 0.3) is 5.91 Å². The summed E-state index contributed by atoms with van der Waals surface area (Å²) in [5.41, 5.74) is 3.41. The lowest BCUT2D eigenvalue weighted by atomic mass is 10.2. The van der Waals surface area contributed by atoms with Gasteiger partial charge in [0.2, 0.25) is 0 Å². The molecular weight excluding hydrogens is 477 g/mol. The van der Waals surface area contributed by atoms with Crippen LogP contribution in [0.2, 0.25) is 0 Å². The number of thiazole rings is 1. The maximum absolute atomic E-state index is 13.2. The van der Waals surface area contributed by atoms with Crippen molar-refractivity contribution in [3.8, 4) is 0 Å². The number of nitrogens with zero attached hydrogens (tertiary/aromatic N) is 6. The van der Waals surface area contributed by atoms with E-state index in [4.69, 9.17) is 4.98 Å². The second-order valence-electron chi connectivity index (χ2n) is 9.53. The summed E-state index contributed by atoms with van der Waals surface area (Å²) in [6.07, 6.45) is 5.53. The van der Waals surface area contributed by atoms with Gasteiger partial charge in [-0.15, -0.1) is 11.3 Å². The van der Waals surface area contributed by atoms with Crippen molar-refractivity contribution >= 4 is 22.4 Å². The van der Waals surface area contributed by atoms with E-state index in [2.05, 4.69) is 30.5 Å². The first-order valence-corrected chi connectivity index (χ1v) is 13.4. The lowest BCUT2D eigenvalue weighted by Crippen LogP contribution is -2.48. The molecule has 1 amide bonds. The highest BCUT2D eigenvalue weighted by Gasteiger charge is 2.25. The molecule has 1 aromatic carbocycles. The molecule has 0 aliphatic carbocycles. The Kier molecular flexibility index (Phi) is 7.84. The van der Waals surface area contributed by atoms with Gasteiger partial charge in [-0.3, -0.25) is 19.6 Å². The molecule has 4 heterocycles. The summed E-state index contributed by atoms with van der Waals surface area (Å²) >= 11 is 1.64. The SMILES string of the molecule is Cc1cnc(C(=O)N2CCN(Cc3csc(NC[C@@H]4CCCN4Cc4ccc(F)cc4)n3)CC2)cn1. The fraction of sp³-hybridized carbons (Fsp3) is 0.462. The van der Waals surface area contributed by atoms with Crippen LogP contribution in [0.1, 0.15) is 40.3 Å². The van der Waals surface area contributed by atoms with Gasteiger partial charge >= 0.3 is 0 Å². The first kappa shape index (κ1) is 24.7. The number of piperazine rings is 1. The second-order valence-corrected chi connectivity index (χ2v) is 10.4. The molecular formula is C26H32FN7OS. The van der Waals surface area contributed by atoms with Crippen molar-refractivity contribution in [2.75, 3.05) is 44.6 Å². The van der Waals surface area contributed by atoms with Gasteiger partial charge in [0, 0.05) is 63.4 Å². The summed E-state index contributed by atoms with van der Waals surface area (Å²) in [7, 11) is 0. The molecule has 0 radical (unpaired) electrons. The smallest absolute Gasteiger partial charge is 0.274 e. The first-order chi connectivity index (χ1) is 17.5. The zero-order chi connectivity index (χ0) is 24.9. The van der Waals surface area contributed by atoms with Gasteiger partial charge in [0.15, 0.2) is 5.13 Å². The number of anilines is 1. The van der Waals surface area contributed by atoms with Crippen LogP contribution in [0.5, 0.6) is 0 Å². The number of benzene rings is 1. The minimum Gasteiger partial charge on any atom is -0.360 e. The van der Waals surface area contributed by atoms with Gasteiger partial charge in [-0.25, -0.2) is 14.4 Å². The van der Waals surface area contributed by atoms with Crippen molar-refractivity contribution in [3.05, 3.63) is 70.5 Å². The third-order valence-electron chi connectivity index (χ3n) is 6.88. The zero-order valence-electron chi connectivity index (χ0n) is 20.6. The molecule has 2 aliphatic heterocycles. The van der Waals surface area contributed by atoms with E-state index in [0.717, 1.165) is 67.8 Å². The fourth-order valence-corrected chi connectivity index (χ4v) is 5.54. The van der Waals surface area contributed by atoms with Crippen LogP contribution in [-0.2, 0) is 13.1 Å². The molecule has 2 aliphatic rings. The molecule has 0 spiro atoms. The molecule has 2 fully saturated rings. The van der Waals surface area contributed by atoms with Crippen LogP contribution in [-0.4, -0.2) is 80.9 Å². The van der Waals surface area contributed by atoms with Crippen molar-refractivity contribution < 1.29 is 9.18 Å². The Bertz CT molecular complexity index is 1150. The molecule has 2 saturated heterocycles. The molecule has 0 bridgehead atoms. The number of carbonyl (C=O) groups is 1. The largest absolute Gasteiger partial charge is 0.360 e. The summed E-state index contributed by atoms with van der Waals surface area (Å²) < 4.78 is 13.2. The molecule has 3 aromatic rings. The topological polar surface area (TPSA) is 77.5 Å². The standard InChI is InChI=1S/C26H32FN7OS/c1-19-13-29-24(15-28-19)25(35)33-11-9-32(10-12-33)17-22-18-36-26(31-22)30-14-23-3-2-8-34(23)16-20-4-6-21(27)7-5-20/h4-7,13,15,18,23H,2-3,8-12,14,16-17H2,1H3,(H,30,31)/t23-/m0/s1. The molecule has 190 valence electrons. The van der Waals surface area contributed by atoms with E-state index in [-0.39, 0.29) is 11.7 Å². The van der Waals surface area contributed by atoms with Gasteiger partial charge in [0.1, 0.15) is 11.5 Å². The van der Waals surface area contributed by atoms with Gasteiger partial charge < -0.3 is 10.2 Å². The van der Waals surface area contributed by atoms with E-state index >= 15 is 0 Å². The predicted molar refractivity (Wildman–Crippen MR) is 138 cm³/mol. The summed E-state index contributed by atoms with van der Waals surface area (Å²) in [5, 5.41) is 6.60. The normalized spacial score (nSPS) is 19.1. The Balaban J connectivity index is 1.07. The lowest BCUT2D eigenvalue weighted by molar-refractivity contribution is 0.0621. The highest BCUT2D eigenvalue weighted by atomic mass is 32.1. The van der Waals surface area contributed by atoms with Crippen molar-refractivity contribution in [1.29, 1.82) is 0 Å². The molecule has 10 heteroatoms. The Labute approximate surface area is 215 Å². The molecule has 1 N–H and O–H groups in total. The number of amides is 1. The van der Waals surface area contributed by atoms with Gasteiger partial charge in [-0.05, 0) is 44.0 Å². The van der Waals surface area contributed by atoms with Crippen molar-refractivity contribution in [2.24, 2.45) is 0 Å². The van der Waals surface area contributed by atoms with Crippen LogP contribution < -0.4 is 5.32 Å². The van der Waals surface area contributed by atoms with Crippen LogP contribution in [0.25, 0.3) is 0 Å². The average Bonchev–Trinajstić information content (AvgIpc) is 3.53. The molecule has 0 unspecified atom stereocenters. The van der Waals surface area contributed by atoms with E-state index in [1.807, 2.05) is 24.0 Å². The first-order valence-electron chi connectivity index (χ1n) is 12.5. The maximum atomic E-state index is 13.2. The molecule has 5 rings (SSSR count). The third kappa shape index (κ3) is 6.24. The van der Waals surface area contributed by atoms with Crippen molar-refractivity contribution in [3.63, 3.8) is 0 Å². The average molecular weight is 510 g/mol. The minimum absolute atomic E-state index is 0.0531. The number of rotatable bonds is 8. The van der Waals surface area contributed by atoms with Crippen LogP contribution >= 0.6 is 11.3 Å². The van der Waals surface area contributed by atoms with E-state index in [1.165, 1.54) is 18.6 Å². The van der Waals surface area contributed by atoms with E-state index < -0.39 is 0 Å². The number of carbonyl (C=O) groups excluding carboxylic acids is 1. The van der Waals surface area contributed by atoms with E-state index in [9.17, 15) is 9.18 Å². The van der Waals surface area contributed by atoms with Crippen LogP contribution in [0.3, 0.4) is 0 Å². The van der Waals surface area contributed by atoms with Crippen molar-refractivity contribution in [2.45, 2.75) is 38.9 Å². The van der Waals surface area contributed by atoms with E-state index in [0.29, 0.717) is 24.8 Å². The van der Waals surface area contributed by atoms with Crippen LogP contribution in [0, 0.1) is 12.7 Å². The number of halogens is 1. The zero-order valence-corrected chi connectivity index (χ0v) is 21.4. The monoisotopic (exact) mass is 509 g/mol. The van der Waals surface area contributed by atoms with Gasteiger partial charge in [0.05, 0.1) is 17.6 Å². The number of aryl methyl sites for hydroxylation is 1. The number of aromatic nitrogens is 3. The van der Waals surface area contributed by atoms with Gasteiger partial charge in [-0.1, -0.05) is 12.1 Å². The summed E-state index contributed by atoms with van der Waals surface area (Å²) in [5.74, 6) is -0.242. The number of nitrogens with one attached hydrogen (secondary N) is 1. The molecule has 2 aromatic heterocycles. The molecule has 0 saturated carbocycles. The lowest BCUT2D eigenvalue weighted by Gasteiger charge is -2.34. The van der Waals surface area contributed by atoms with Crippen LogP contribution in [0.4, 0.5) is 9.52 Å². The summed E-state index contributed by atoms with van der Waals surface area (Å²) in [6.45, 7) is 8.39. The predicted octanol–water partition coefficient (Wildman–Crippen LogP) is 3.42. The fourth-order valence-electron chi connectivity index (χ4n) is 4.83. The summed E-state index contributed by atoms with van der Waals surface area (Å²) in [4.78, 5) is 32.5. The second kappa shape index (κ2) is 11.4. The Morgan fingerprint density at radius 2 is 1.89 bits per heavy atom. The van der Waals surface area contributed by atoms with Crippen LogP contribution in [0.15, 0.2) is 42.0 Å². The Morgan fingerprint density at radius 3 is 2.64 bits per heavy atom. The molecule has 1 atom stereocenters. The Hall–Kier alpha value is -2.95. The highest BCUT2D eigenvalue weighted by molar-refractivity contribution is 7.13. The molecule has 36 heavy (non-hydrogen) atoms. The Morgan fingerprint density at radius 1 is 1.08 bits per heavy atom. The quantitative estimate of drug-likeness (QED) is 0.499. The minimum atomic E-state index is -0.189. The number of hydrogen-bond donors (Lipinski definition) is 1.